The molecular formula is C13H23NO2. The number of nitrogens with zero attached hydrogens (tertiary/aromatic N) is 1. The largest absolute Gasteiger partial charge is 0.481 e. The summed E-state index contributed by atoms with van der Waals surface area (Å²) >= 11 is 0. The molecule has 1 unspecified atom stereocenters. The van der Waals surface area contributed by atoms with Crippen molar-refractivity contribution in [2.75, 3.05) is 13.1 Å². The van der Waals surface area contributed by atoms with E-state index >= 15 is 0 Å². The van der Waals surface area contributed by atoms with Gasteiger partial charge in [0.25, 0.3) is 0 Å². The minimum absolute atomic E-state index is 0.447. The van der Waals surface area contributed by atoms with Crippen LogP contribution in [0.4, 0.5) is 0 Å². The molecule has 0 bridgehead atoms. The molecule has 3 heteroatoms. The summed E-state index contributed by atoms with van der Waals surface area (Å²) in [7, 11) is 0. The predicted octanol–water partition coefficient (Wildman–Crippen LogP) is 2.51. The summed E-state index contributed by atoms with van der Waals surface area (Å²) in [5.41, 5.74) is -0.447. The molecule has 0 aromatic rings. The van der Waals surface area contributed by atoms with Gasteiger partial charge < -0.3 is 5.11 Å². The van der Waals surface area contributed by atoms with E-state index in [0.717, 1.165) is 25.9 Å². The van der Waals surface area contributed by atoms with E-state index in [0.29, 0.717) is 6.04 Å². The molecule has 2 aliphatic rings. The fraction of sp³-hybridized carbons (Fsp3) is 0.923. The number of hydrogen-bond donors (Lipinski definition) is 1. The van der Waals surface area contributed by atoms with Gasteiger partial charge in [-0.15, -0.1) is 0 Å². The molecule has 3 nitrogen and oxygen atoms in total. The lowest BCUT2D eigenvalue weighted by atomic mass is 9.84. The maximum atomic E-state index is 11.4. The van der Waals surface area contributed by atoms with Crippen molar-refractivity contribution in [1.29, 1.82) is 0 Å². The van der Waals surface area contributed by atoms with Gasteiger partial charge in [0.05, 0.1) is 5.41 Å². The Morgan fingerprint density at radius 2 is 2.06 bits per heavy atom. The first-order valence-corrected chi connectivity index (χ1v) is 6.65. The first kappa shape index (κ1) is 11.9. The number of carbonyl (C=O) groups is 1. The highest BCUT2D eigenvalue weighted by atomic mass is 16.4. The minimum Gasteiger partial charge on any atom is -0.481 e. The molecule has 16 heavy (non-hydrogen) atoms. The van der Waals surface area contributed by atoms with Gasteiger partial charge >= 0.3 is 5.97 Å². The molecule has 0 spiro atoms. The van der Waals surface area contributed by atoms with Crippen molar-refractivity contribution in [3.05, 3.63) is 0 Å². The Labute approximate surface area is 97.8 Å². The third-order valence-corrected chi connectivity index (χ3v) is 4.60. The van der Waals surface area contributed by atoms with Crippen molar-refractivity contribution in [1.82, 2.24) is 4.90 Å². The van der Waals surface area contributed by atoms with Crippen molar-refractivity contribution >= 4 is 5.97 Å². The topological polar surface area (TPSA) is 40.5 Å². The summed E-state index contributed by atoms with van der Waals surface area (Å²) in [6, 6.07) is 0.668. The number of aliphatic carboxylic acids is 1. The number of rotatable bonds is 3. The SMILES string of the molecule is CCC1(C(=O)O)CCN(C2CCCCC2)C1. The van der Waals surface area contributed by atoms with Crippen LogP contribution in [0.1, 0.15) is 51.9 Å². The van der Waals surface area contributed by atoms with Crippen LogP contribution in [0.5, 0.6) is 0 Å². The normalized spacial score (nSPS) is 33.1. The fourth-order valence-electron chi connectivity index (χ4n) is 3.28. The maximum Gasteiger partial charge on any atom is 0.310 e. The zero-order valence-electron chi connectivity index (χ0n) is 10.2. The molecule has 1 atom stereocenters. The van der Waals surface area contributed by atoms with E-state index in [9.17, 15) is 9.90 Å². The molecule has 1 aliphatic carbocycles. The van der Waals surface area contributed by atoms with Crippen LogP contribution in [-0.4, -0.2) is 35.1 Å². The molecule has 0 radical (unpaired) electrons. The highest BCUT2D eigenvalue weighted by Gasteiger charge is 2.44. The molecular weight excluding hydrogens is 202 g/mol. The van der Waals surface area contributed by atoms with Crippen LogP contribution in [0, 0.1) is 5.41 Å². The van der Waals surface area contributed by atoms with Gasteiger partial charge in [-0.1, -0.05) is 26.2 Å². The maximum absolute atomic E-state index is 11.4. The smallest absolute Gasteiger partial charge is 0.310 e. The summed E-state index contributed by atoms with van der Waals surface area (Å²) in [5, 5.41) is 9.35. The van der Waals surface area contributed by atoms with Crippen LogP contribution in [-0.2, 0) is 4.79 Å². The summed E-state index contributed by atoms with van der Waals surface area (Å²) in [4.78, 5) is 13.8. The van der Waals surface area contributed by atoms with E-state index in [-0.39, 0.29) is 0 Å². The highest BCUT2D eigenvalue weighted by molar-refractivity contribution is 5.75. The van der Waals surface area contributed by atoms with Crippen molar-refractivity contribution < 1.29 is 9.90 Å². The molecule has 1 saturated heterocycles. The Hall–Kier alpha value is -0.570. The summed E-state index contributed by atoms with van der Waals surface area (Å²) in [5.74, 6) is -0.590. The average molecular weight is 225 g/mol. The standard InChI is InChI=1S/C13H23NO2/c1-2-13(12(15)16)8-9-14(10-13)11-6-4-3-5-7-11/h11H,2-10H2,1H3,(H,15,16). The lowest BCUT2D eigenvalue weighted by molar-refractivity contribution is -0.148. The Morgan fingerprint density at radius 1 is 1.38 bits per heavy atom. The quantitative estimate of drug-likeness (QED) is 0.802. The van der Waals surface area contributed by atoms with E-state index in [4.69, 9.17) is 0 Å². The predicted molar refractivity (Wildman–Crippen MR) is 63.4 cm³/mol. The second kappa shape index (κ2) is 4.74. The molecule has 1 N–H and O–H groups in total. The first-order chi connectivity index (χ1) is 7.68. The van der Waals surface area contributed by atoms with Gasteiger partial charge in [-0.2, -0.15) is 0 Å². The van der Waals surface area contributed by atoms with Gasteiger partial charge in [0, 0.05) is 12.6 Å². The van der Waals surface area contributed by atoms with Gasteiger partial charge in [0.15, 0.2) is 0 Å². The van der Waals surface area contributed by atoms with Crippen LogP contribution >= 0.6 is 0 Å². The van der Waals surface area contributed by atoms with Crippen molar-refractivity contribution in [2.45, 2.75) is 57.9 Å². The average Bonchev–Trinajstić information content (AvgIpc) is 2.76. The van der Waals surface area contributed by atoms with E-state index in [1.54, 1.807) is 0 Å². The molecule has 0 aromatic carbocycles. The van der Waals surface area contributed by atoms with E-state index in [1.807, 2.05) is 6.92 Å². The number of hydrogen-bond acceptors (Lipinski definition) is 2. The van der Waals surface area contributed by atoms with Crippen LogP contribution < -0.4 is 0 Å². The minimum atomic E-state index is -0.590. The number of carboxylic acid groups (broad SMARTS) is 1. The van der Waals surface area contributed by atoms with Crippen LogP contribution in [0.25, 0.3) is 0 Å². The Balaban J connectivity index is 1.98. The lowest BCUT2D eigenvalue weighted by Crippen LogP contribution is -2.39. The molecule has 1 saturated carbocycles. The van der Waals surface area contributed by atoms with E-state index < -0.39 is 11.4 Å². The highest BCUT2D eigenvalue weighted by Crippen LogP contribution is 2.37. The van der Waals surface area contributed by atoms with Crippen LogP contribution in [0.3, 0.4) is 0 Å². The number of likely N-dealkylation sites (tertiary alicyclic amines) is 1. The third-order valence-electron chi connectivity index (χ3n) is 4.60. The zero-order valence-corrected chi connectivity index (χ0v) is 10.2. The number of carboxylic acids is 1. The molecule has 0 amide bonds. The Bertz CT molecular complexity index is 261. The van der Waals surface area contributed by atoms with Crippen LogP contribution in [0.2, 0.25) is 0 Å². The van der Waals surface area contributed by atoms with Crippen molar-refractivity contribution in [3.63, 3.8) is 0 Å². The monoisotopic (exact) mass is 225 g/mol. The van der Waals surface area contributed by atoms with Crippen molar-refractivity contribution in [2.24, 2.45) is 5.41 Å². The molecule has 92 valence electrons. The Kier molecular flexibility index (Phi) is 3.53. The summed E-state index contributed by atoms with van der Waals surface area (Å²) in [6.07, 6.45) is 8.18. The van der Waals surface area contributed by atoms with E-state index in [2.05, 4.69) is 4.90 Å². The summed E-state index contributed by atoms with van der Waals surface area (Å²) in [6.45, 7) is 3.78. The second-order valence-corrected chi connectivity index (χ2v) is 5.45. The van der Waals surface area contributed by atoms with E-state index in [1.165, 1.54) is 32.1 Å². The molecule has 1 heterocycles. The zero-order chi connectivity index (χ0) is 11.6. The van der Waals surface area contributed by atoms with Gasteiger partial charge in [-0.05, 0) is 32.2 Å². The van der Waals surface area contributed by atoms with Gasteiger partial charge in [-0.25, -0.2) is 0 Å². The molecule has 2 fully saturated rings. The molecule has 1 aliphatic heterocycles. The molecule has 0 aromatic heterocycles. The van der Waals surface area contributed by atoms with Gasteiger partial charge in [0.1, 0.15) is 0 Å². The van der Waals surface area contributed by atoms with Gasteiger partial charge in [-0.3, -0.25) is 9.69 Å². The van der Waals surface area contributed by atoms with Crippen LogP contribution in [0.15, 0.2) is 0 Å². The summed E-state index contributed by atoms with van der Waals surface area (Å²) < 4.78 is 0. The molecule has 2 rings (SSSR count). The lowest BCUT2D eigenvalue weighted by Gasteiger charge is -2.32. The third kappa shape index (κ3) is 2.10. The fourth-order valence-corrected chi connectivity index (χ4v) is 3.28. The van der Waals surface area contributed by atoms with Crippen molar-refractivity contribution in [3.8, 4) is 0 Å². The first-order valence-electron chi connectivity index (χ1n) is 6.65. The Morgan fingerprint density at radius 3 is 2.56 bits per heavy atom. The second-order valence-electron chi connectivity index (χ2n) is 5.45. The van der Waals surface area contributed by atoms with Gasteiger partial charge in [0.2, 0.25) is 0 Å².